The number of benzene rings is 2. The Hall–Kier alpha value is -3.03. The molecule has 152 valence electrons. The maximum atomic E-state index is 12.3. The molecule has 1 unspecified atom stereocenters. The number of thioether (sulfide) groups is 1. The first kappa shape index (κ1) is 21.7. The Balaban J connectivity index is 2.04. The Morgan fingerprint density at radius 2 is 1.67 bits per heavy atom. The molecule has 1 atom stereocenters. The van der Waals surface area contributed by atoms with E-state index in [1.54, 1.807) is 7.05 Å². The fourth-order valence-electron chi connectivity index (χ4n) is 3.23. The summed E-state index contributed by atoms with van der Waals surface area (Å²) in [6.45, 7) is 4.07. The van der Waals surface area contributed by atoms with Crippen molar-refractivity contribution >= 4 is 34.7 Å². The third-order valence-electron chi connectivity index (χ3n) is 4.79. The predicted molar refractivity (Wildman–Crippen MR) is 128 cm³/mol. The van der Waals surface area contributed by atoms with Gasteiger partial charge in [-0.3, -0.25) is 4.79 Å². The number of nitrogens with one attached hydrogen (secondary N) is 1. The third kappa shape index (κ3) is 5.52. The SMILES string of the molecule is CNC(=O)C(SC1=C=CC/C(c2ccccc2)=C(/c2ccccc2)C=C=N1)C(C)C. The van der Waals surface area contributed by atoms with Crippen LogP contribution >= 0.6 is 11.8 Å². The highest BCUT2D eigenvalue weighted by Crippen LogP contribution is 2.32. The van der Waals surface area contributed by atoms with Crippen LogP contribution in [0.1, 0.15) is 31.4 Å². The van der Waals surface area contributed by atoms with E-state index in [-0.39, 0.29) is 17.1 Å². The minimum absolute atomic E-state index is 0.00331. The van der Waals surface area contributed by atoms with Crippen molar-refractivity contribution < 1.29 is 4.79 Å². The van der Waals surface area contributed by atoms with Crippen molar-refractivity contribution in [1.82, 2.24) is 5.32 Å². The van der Waals surface area contributed by atoms with E-state index in [4.69, 9.17) is 0 Å². The van der Waals surface area contributed by atoms with Gasteiger partial charge < -0.3 is 5.32 Å². The standard InChI is InChI=1S/C26H26N2OS/c1-19(2)25(26(29)27-3)30-24-16-10-15-22(20-11-6-4-7-12-20)23(17-18-28-24)21-13-8-5-9-14-21/h4-14,17,19,25H,15H2,1-3H3,(H,27,29)/b23-22-. The quantitative estimate of drug-likeness (QED) is 0.614. The monoisotopic (exact) mass is 414 g/mol. The first-order valence-corrected chi connectivity index (χ1v) is 10.9. The lowest BCUT2D eigenvalue weighted by atomic mass is 9.92. The van der Waals surface area contributed by atoms with Gasteiger partial charge in [0.25, 0.3) is 0 Å². The van der Waals surface area contributed by atoms with Crippen LogP contribution in [0.4, 0.5) is 0 Å². The van der Waals surface area contributed by atoms with Gasteiger partial charge in [0, 0.05) is 13.1 Å². The minimum atomic E-state index is -0.229. The molecule has 1 amide bonds. The van der Waals surface area contributed by atoms with Crippen LogP contribution in [0, 0.1) is 5.92 Å². The first-order valence-electron chi connectivity index (χ1n) is 10.1. The van der Waals surface area contributed by atoms with Crippen LogP contribution in [0.2, 0.25) is 0 Å². The molecule has 3 rings (SSSR count). The highest BCUT2D eigenvalue weighted by molar-refractivity contribution is 8.04. The van der Waals surface area contributed by atoms with Crippen LogP contribution in [0.25, 0.3) is 11.1 Å². The highest BCUT2D eigenvalue weighted by Gasteiger charge is 2.23. The summed E-state index contributed by atoms with van der Waals surface area (Å²) < 4.78 is 0. The number of rotatable bonds is 6. The van der Waals surface area contributed by atoms with Gasteiger partial charge in [0.2, 0.25) is 5.91 Å². The molecule has 4 heteroatoms. The van der Waals surface area contributed by atoms with Gasteiger partial charge in [0.05, 0.1) is 5.25 Å². The topological polar surface area (TPSA) is 41.5 Å². The molecule has 0 spiro atoms. The van der Waals surface area contributed by atoms with E-state index in [2.05, 4.69) is 46.2 Å². The van der Waals surface area contributed by atoms with Gasteiger partial charge in [0.1, 0.15) is 5.03 Å². The molecule has 0 fully saturated rings. The Kier molecular flexibility index (Phi) is 7.70. The second-order valence-electron chi connectivity index (χ2n) is 7.26. The molecule has 1 aliphatic rings. The van der Waals surface area contributed by atoms with Gasteiger partial charge in [-0.05, 0) is 46.6 Å². The van der Waals surface area contributed by atoms with Gasteiger partial charge >= 0.3 is 0 Å². The molecule has 1 aliphatic heterocycles. The summed E-state index contributed by atoms with van der Waals surface area (Å²) in [5, 5.41) is 3.18. The molecular formula is C26H26N2OS. The van der Waals surface area contributed by atoms with Crippen molar-refractivity contribution in [2.24, 2.45) is 10.9 Å². The van der Waals surface area contributed by atoms with Crippen molar-refractivity contribution in [3.63, 3.8) is 0 Å². The van der Waals surface area contributed by atoms with Crippen LogP contribution in [0.15, 0.2) is 88.6 Å². The van der Waals surface area contributed by atoms with E-state index in [0.29, 0.717) is 11.4 Å². The summed E-state index contributed by atoms with van der Waals surface area (Å²) >= 11 is 1.43. The van der Waals surface area contributed by atoms with E-state index >= 15 is 0 Å². The summed E-state index contributed by atoms with van der Waals surface area (Å²) in [5.41, 5.74) is 7.84. The van der Waals surface area contributed by atoms with Crippen LogP contribution in [-0.2, 0) is 4.79 Å². The number of hydrogen-bond donors (Lipinski definition) is 1. The average Bonchev–Trinajstić information content (AvgIpc) is 2.88. The van der Waals surface area contributed by atoms with Gasteiger partial charge in [-0.2, -0.15) is 4.99 Å². The third-order valence-corrected chi connectivity index (χ3v) is 6.23. The normalized spacial score (nSPS) is 17.1. The van der Waals surface area contributed by atoms with E-state index in [1.165, 1.54) is 17.3 Å². The summed E-state index contributed by atoms with van der Waals surface area (Å²) in [6.07, 6.45) is 4.64. The molecule has 0 radical (unpaired) electrons. The van der Waals surface area contributed by atoms with Gasteiger partial charge in [-0.25, -0.2) is 0 Å². The molecule has 2 aromatic rings. The second-order valence-corrected chi connectivity index (χ2v) is 8.39. The second kappa shape index (κ2) is 10.7. The number of allylic oxidation sites excluding steroid dienone is 4. The van der Waals surface area contributed by atoms with Gasteiger partial charge in [-0.1, -0.05) is 92.0 Å². The summed E-state index contributed by atoms with van der Waals surface area (Å²) in [5.74, 6) is 3.27. The smallest absolute Gasteiger partial charge is 0.233 e. The van der Waals surface area contributed by atoms with Crippen molar-refractivity contribution in [1.29, 1.82) is 0 Å². The van der Waals surface area contributed by atoms with E-state index < -0.39 is 0 Å². The van der Waals surface area contributed by atoms with Crippen LogP contribution < -0.4 is 5.32 Å². The zero-order valence-corrected chi connectivity index (χ0v) is 18.4. The first-order chi connectivity index (χ1) is 14.6. The molecular weight excluding hydrogens is 388 g/mol. The lowest BCUT2D eigenvalue weighted by Gasteiger charge is -2.17. The van der Waals surface area contributed by atoms with Crippen molar-refractivity contribution in [3.05, 3.63) is 94.7 Å². The number of carbonyl (C=O) groups excluding carboxylic acids is 1. The lowest BCUT2D eigenvalue weighted by Crippen LogP contribution is -2.33. The molecule has 2 aromatic carbocycles. The Morgan fingerprint density at radius 1 is 1.03 bits per heavy atom. The number of amides is 1. The molecule has 0 saturated heterocycles. The molecule has 1 heterocycles. The minimum Gasteiger partial charge on any atom is -0.358 e. The molecule has 3 nitrogen and oxygen atoms in total. The van der Waals surface area contributed by atoms with Crippen molar-refractivity contribution in [3.8, 4) is 0 Å². The van der Waals surface area contributed by atoms with Crippen LogP contribution in [0.3, 0.4) is 0 Å². The molecule has 1 N–H and O–H groups in total. The lowest BCUT2D eigenvalue weighted by molar-refractivity contribution is -0.120. The van der Waals surface area contributed by atoms with Gasteiger partial charge in [0.15, 0.2) is 0 Å². The fourth-order valence-corrected chi connectivity index (χ4v) is 4.22. The van der Waals surface area contributed by atoms with Crippen LogP contribution in [-0.4, -0.2) is 24.1 Å². The highest BCUT2D eigenvalue weighted by atomic mass is 32.2. The summed E-state index contributed by atoms with van der Waals surface area (Å²) in [7, 11) is 1.66. The number of carbonyl (C=O) groups is 1. The fraction of sp³-hybridized carbons (Fsp3) is 0.231. The van der Waals surface area contributed by atoms with E-state index in [9.17, 15) is 4.79 Å². The van der Waals surface area contributed by atoms with E-state index in [0.717, 1.165) is 16.7 Å². The summed E-state index contributed by atoms with van der Waals surface area (Å²) in [6, 6.07) is 20.6. The maximum absolute atomic E-state index is 12.3. The number of hydrogen-bond acceptors (Lipinski definition) is 3. The van der Waals surface area contributed by atoms with Gasteiger partial charge in [-0.15, -0.1) is 0 Å². The van der Waals surface area contributed by atoms with Crippen molar-refractivity contribution in [2.75, 3.05) is 7.05 Å². The molecule has 0 bridgehead atoms. The van der Waals surface area contributed by atoms with E-state index in [1.807, 2.05) is 62.4 Å². The van der Waals surface area contributed by atoms with Crippen molar-refractivity contribution in [2.45, 2.75) is 25.5 Å². The zero-order valence-electron chi connectivity index (χ0n) is 17.6. The Morgan fingerprint density at radius 3 is 2.27 bits per heavy atom. The average molecular weight is 415 g/mol. The zero-order chi connectivity index (χ0) is 21.3. The number of aliphatic imine (C=N–C) groups is 1. The number of nitrogens with zero attached hydrogens (tertiary/aromatic N) is 1. The summed E-state index contributed by atoms with van der Waals surface area (Å²) in [4.78, 5) is 16.8. The molecule has 0 saturated carbocycles. The van der Waals surface area contributed by atoms with Crippen LogP contribution in [0.5, 0.6) is 0 Å². The predicted octanol–water partition coefficient (Wildman–Crippen LogP) is 5.73. The molecule has 0 aromatic heterocycles. The molecule has 0 aliphatic carbocycles. The Bertz CT molecular complexity index is 1040. The largest absolute Gasteiger partial charge is 0.358 e. The Labute approximate surface area is 183 Å². The maximum Gasteiger partial charge on any atom is 0.233 e. The molecule has 30 heavy (non-hydrogen) atoms.